The van der Waals surface area contributed by atoms with Crippen molar-refractivity contribution < 1.29 is 19.0 Å². The number of hydrogen-bond donors (Lipinski definition) is 1. The van der Waals surface area contributed by atoms with E-state index in [9.17, 15) is 14.3 Å². The van der Waals surface area contributed by atoms with Gasteiger partial charge in [0.2, 0.25) is 0 Å². The molecule has 0 saturated carbocycles. The van der Waals surface area contributed by atoms with Crippen molar-refractivity contribution in [2.45, 2.75) is 38.7 Å². The van der Waals surface area contributed by atoms with Gasteiger partial charge in [0.15, 0.2) is 11.6 Å². The average Bonchev–Trinajstić information content (AvgIpc) is 2.74. The highest BCUT2D eigenvalue weighted by molar-refractivity contribution is 5.83. The Labute approximate surface area is 169 Å². The van der Waals surface area contributed by atoms with Crippen LogP contribution in [0.1, 0.15) is 48.1 Å². The fourth-order valence-electron chi connectivity index (χ4n) is 3.77. The highest BCUT2D eigenvalue weighted by Gasteiger charge is 2.32. The minimum absolute atomic E-state index is 0.0581. The van der Waals surface area contributed by atoms with Crippen molar-refractivity contribution in [2.24, 2.45) is 0 Å². The highest BCUT2D eigenvalue weighted by Crippen LogP contribution is 2.38. The van der Waals surface area contributed by atoms with Crippen LogP contribution >= 0.6 is 0 Å². The number of benzene rings is 3. The molecule has 2 unspecified atom stereocenters. The van der Waals surface area contributed by atoms with E-state index in [1.165, 1.54) is 12.5 Å². The third-order valence-electron chi connectivity index (χ3n) is 5.58. The molecule has 148 valence electrons. The van der Waals surface area contributed by atoms with E-state index >= 15 is 0 Å². The molecular weight excluding hydrogens is 367 g/mol. The summed E-state index contributed by atoms with van der Waals surface area (Å²) in [6.45, 7) is 3.61. The van der Waals surface area contributed by atoms with Crippen LogP contribution < -0.4 is 4.74 Å². The van der Waals surface area contributed by atoms with Crippen molar-refractivity contribution in [1.82, 2.24) is 0 Å². The fourth-order valence-corrected chi connectivity index (χ4v) is 3.77. The van der Waals surface area contributed by atoms with Gasteiger partial charge < -0.3 is 9.84 Å². The van der Waals surface area contributed by atoms with Crippen molar-refractivity contribution in [3.8, 4) is 16.9 Å². The Kier molecular flexibility index (Phi) is 5.20. The minimum atomic E-state index is -0.962. The number of aliphatic hydroxyl groups excluding tert-OH is 1. The normalized spacial score (nSPS) is 16.8. The van der Waals surface area contributed by atoms with Crippen LogP contribution in [0.4, 0.5) is 4.39 Å². The van der Waals surface area contributed by atoms with E-state index in [1.807, 2.05) is 24.3 Å². The summed E-state index contributed by atoms with van der Waals surface area (Å²) in [6, 6.07) is 19.6. The van der Waals surface area contributed by atoms with Crippen LogP contribution in [0, 0.1) is 5.82 Å². The highest BCUT2D eigenvalue weighted by atomic mass is 19.1. The fraction of sp³-hybridized carbons (Fsp3) is 0.240. The molecule has 0 aliphatic carbocycles. The van der Waals surface area contributed by atoms with E-state index in [1.54, 1.807) is 12.1 Å². The average molecular weight is 390 g/mol. The van der Waals surface area contributed by atoms with Gasteiger partial charge in [0.25, 0.3) is 0 Å². The van der Waals surface area contributed by atoms with Gasteiger partial charge in [-0.25, -0.2) is 4.39 Å². The molecule has 0 amide bonds. The molecule has 3 nitrogen and oxygen atoms in total. The van der Waals surface area contributed by atoms with Gasteiger partial charge in [-0.2, -0.15) is 0 Å². The number of esters is 1. The maximum Gasteiger partial charge on any atom is 0.319 e. The Morgan fingerprint density at radius 2 is 1.66 bits per heavy atom. The number of aryl methyl sites for hydroxylation is 1. The molecule has 4 rings (SSSR count). The van der Waals surface area contributed by atoms with Gasteiger partial charge in [0, 0.05) is 5.56 Å². The number of hydrogen-bond acceptors (Lipinski definition) is 3. The quantitative estimate of drug-likeness (QED) is 0.482. The molecule has 3 aromatic rings. The second kappa shape index (κ2) is 7.80. The molecule has 1 aliphatic rings. The molecule has 3 aromatic carbocycles. The number of ether oxygens (including phenoxy) is 1. The Morgan fingerprint density at radius 1 is 1.03 bits per heavy atom. The zero-order valence-electron chi connectivity index (χ0n) is 16.5. The van der Waals surface area contributed by atoms with Gasteiger partial charge in [-0.1, -0.05) is 67.6 Å². The van der Waals surface area contributed by atoms with Crippen molar-refractivity contribution in [3.05, 3.63) is 88.7 Å². The Balaban J connectivity index is 1.59. The molecule has 0 aromatic heterocycles. The lowest BCUT2D eigenvalue weighted by Crippen LogP contribution is -2.27. The lowest BCUT2D eigenvalue weighted by atomic mass is 9.88. The number of rotatable bonds is 4. The lowest BCUT2D eigenvalue weighted by Gasteiger charge is -2.25. The summed E-state index contributed by atoms with van der Waals surface area (Å²) < 4.78 is 19.9. The molecule has 1 aliphatic heterocycles. The minimum Gasteiger partial charge on any atom is -0.423 e. The van der Waals surface area contributed by atoms with E-state index in [2.05, 4.69) is 31.2 Å². The van der Waals surface area contributed by atoms with E-state index in [0.29, 0.717) is 12.0 Å². The summed E-state index contributed by atoms with van der Waals surface area (Å²) in [5, 5.41) is 9.67. The third kappa shape index (κ3) is 3.68. The van der Waals surface area contributed by atoms with Crippen molar-refractivity contribution in [2.75, 3.05) is 0 Å². The summed E-state index contributed by atoms with van der Waals surface area (Å²) in [7, 11) is 0. The largest absolute Gasteiger partial charge is 0.423 e. The summed E-state index contributed by atoms with van der Waals surface area (Å²) in [5.74, 6) is -1.66. The summed E-state index contributed by atoms with van der Waals surface area (Å²) in [6.07, 6.45) is 0.412. The number of fused-ring (bicyclic) bond motifs is 1. The van der Waals surface area contributed by atoms with E-state index in [-0.39, 0.29) is 11.3 Å². The molecule has 0 fully saturated rings. The first kappa shape index (κ1) is 19.3. The monoisotopic (exact) mass is 390 g/mol. The van der Waals surface area contributed by atoms with E-state index < -0.39 is 23.8 Å². The van der Waals surface area contributed by atoms with E-state index in [0.717, 1.165) is 23.1 Å². The van der Waals surface area contributed by atoms with Crippen LogP contribution in [0.3, 0.4) is 0 Å². The number of carbonyl (C=O) groups excluding carboxylic acids is 1. The summed E-state index contributed by atoms with van der Waals surface area (Å²) in [4.78, 5) is 12.6. The molecular formula is C25H23FO3. The Bertz CT molecular complexity index is 1040. The van der Waals surface area contributed by atoms with Crippen molar-refractivity contribution in [3.63, 3.8) is 0 Å². The first-order valence-corrected chi connectivity index (χ1v) is 9.88. The zero-order chi connectivity index (χ0) is 20.5. The van der Waals surface area contributed by atoms with Gasteiger partial charge >= 0.3 is 5.97 Å². The molecule has 29 heavy (non-hydrogen) atoms. The molecule has 0 radical (unpaired) electrons. The van der Waals surface area contributed by atoms with Gasteiger partial charge in [0.1, 0.15) is 0 Å². The molecule has 0 bridgehead atoms. The second-order valence-electron chi connectivity index (χ2n) is 7.48. The number of halogens is 1. The summed E-state index contributed by atoms with van der Waals surface area (Å²) >= 11 is 0. The maximum atomic E-state index is 14.6. The third-order valence-corrected chi connectivity index (χ3v) is 5.58. The first-order chi connectivity index (χ1) is 14.0. The van der Waals surface area contributed by atoms with Crippen LogP contribution in [0.25, 0.3) is 11.1 Å². The number of carbonyl (C=O) groups is 1. The zero-order valence-corrected chi connectivity index (χ0v) is 16.5. The van der Waals surface area contributed by atoms with Crippen molar-refractivity contribution >= 4 is 5.97 Å². The predicted molar refractivity (Wildman–Crippen MR) is 110 cm³/mol. The first-order valence-electron chi connectivity index (χ1n) is 9.88. The SMILES string of the molecule is CCc1ccc(-c2ccc(C3Cc4ccc(C(C)O)c(F)c4OC3=O)cc2)cc1. The smallest absolute Gasteiger partial charge is 0.319 e. The van der Waals surface area contributed by atoms with Crippen LogP contribution in [-0.2, 0) is 17.6 Å². The maximum absolute atomic E-state index is 14.6. The van der Waals surface area contributed by atoms with Crippen LogP contribution in [0.15, 0.2) is 60.7 Å². The van der Waals surface area contributed by atoms with Crippen LogP contribution in [0.2, 0.25) is 0 Å². The van der Waals surface area contributed by atoms with E-state index in [4.69, 9.17) is 4.74 Å². The van der Waals surface area contributed by atoms with Crippen LogP contribution in [-0.4, -0.2) is 11.1 Å². The number of aliphatic hydroxyl groups is 1. The second-order valence-corrected chi connectivity index (χ2v) is 7.48. The Hall–Kier alpha value is -2.98. The molecule has 0 saturated heterocycles. The molecule has 0 spiro atoms. The van der Waals surface area contributed by atoms with Gasteiger partial charge in [0.05, 0.1) is 12.0 Å². The van der Waals surface area contributed by atoms with Gasteiger partial charge in [-0.15, -0.1) is 0 Å². The van der Waals surface area contributed by atoms with Gasteiger partial charge in [-0.3, -0.25) is 4.79 Å². The standard InChI is InChI=1S/C25H23FO3/c1-3-16-4-6-17(7-5-16)18-8-10-19(11-9-18)22-14-20-12-13-21(15(2)27)23(26)24(20)29-25(22)28/h4-13,15,22,27H,3,14H2,1-2H3. The molecule has 4 heteroatoms. The van der Waals surface area contributed by atoms with Crippen molar-refractivity contribution in [1.29, 1.82) is 0 Å². The molecule has 1 heterocycles. The lowest BCUT2D eigenvalue weighted by molar-refractivity contribution is -0.137. The topological polar surface area (TPSA) is 46.5 Å². The summed E-state index contributed by atoms with van der Waals surface area (Å²) in [5.41, 5.74) is 5.10. The molecule has 2 atom stereocenters. The predicted octanol–water partition coefficient (Wildman–Crippen LogP) is 5.35. The Morgan fingerprint density at radius 3 is 2.24 bits per heavy atom. The van der Waals surface area contributed by atoms with Gasteiger partial charge in [-0.05, 0) is 47.6 Å². The molecule has 1 N–H and O–H groups in total. The van der Waals surface area contributed by atoms with Crippen LogP contribution in [0.5, 0.6) is 5.75 Å².